The third-order valence-electron chi connectivity index (χ3n) is 4.43. The summed E-state index contributed by atoms with van der Waals surface area (Å²) in [5, 5.41) is 1.87. The summed E-state index contributed by atoms with van der Waals surface area (Å²) in [6.07, 6.45) is 0. The average molecular weight is 460 g/mol. The molecule has 8 heteroatoms. The molecule has 0 atom stereocenters. The molecule has 0 aliphatic carbocycles. The molecule has 1 amide bonds. The Morgan fingerprint density at radius 2 is 1.77 bits per heavy atom. The largest absolute Gasteiger partial charge is 0.497 e. The molecule has 0 aliphatic heterocycles. The Hall–Kier alpha value is -2.84. The molecule has 31 heavy (non-hydrogen) atoms. The van der Waals surface area contributed by atoms with Gasteiger partial charge in [-0.3, -0.25) is 4.79 Å². The summed E-state index contributed by atoms with van der Waals surface area (Å²) in [6, 6.07) is 16.4. The summed E-state index contributed by atoms with van der Waals surface area (Å²) in [4.78, 5) is 15.4. The van der Waals surface area contributed by atoms with Gasteiger partial charge in [-0.15, -0.1) is 11.3 Å². The van der Waals surface area contributed by atoms with E-state index in [0.717, 1.165) is 5.56 Å². The number of nitrogens with zero attached hydrogens (tertiary/aromatic N) is 1. The van der Waals surface area contributed by atoms with Gasteiger partial charge in [0.25, 0.3) is 5.91 Å². The zero-order chi connectivity index (χ0) is 22.4. The maximum atomic E-state index is 12.9. The SMILES string of the molecule is COc1ccc(S(=O)(=O)Oc2cccc(CN(CC(C)C)C(=O)c3cccs3)c2)cc1. The van der Waals surface area contributed by atoms with Gasteiger partial charge in [0.15, 0.2) is 0 Å². The Labute approximate surface area is 187 Å². The second-order valence-electron chi connectivity index (χ2n) is 7.42. The summed E-state index contributed by atoms with van der Waals surface area (Å²) in [5.74, 6) is 1.00. The first-order valence-electron chi connectivity index (χ1n) is 9.79. The zero-order valence-electron chi connectivity index (χ0n) is 17.6. The van der Waals surface area contributed by atoms with Crippen molar-refractivity contribution < 1.29 is 22.1 Å². The number of carbonyl (C=O) groups is 1. The Kier molecular flexibility index (Phi) is 7.35. The number of methoxy groups -OCH3 is 1. The molecule has 1 aromatic heterocycles. The van der Waals surface area contributed by atoms with E-state index in [1.807, 2.05) is 17.5 Å². The van der Waals surface area contributed by atoms with E-state index in [2.05, 4.69) is 13.8 Å². The number of rotatable bonds is 9. The highest BCUT2D eigenvalue weighted by Gasteiger charge is 2.20. The van der Waals surface area contributed by atoms with Crippen LogP contribution in [0.2, 0.25) is 0 Å². The molecule has 0 unspecified atom stereocenters. The fourth-order valence-electron chi connectivity index (χ4n) is 3.05. The van der Waals surface area contributed by atoms with E-state index in [1.54, 1.807) is 41.3 Å². The van der Waals surface area contributed by atoms with Gasteiger partial charge < -0.3 is 13.8 Å². The first kappa shape index (κ1) is 22.8. The molecule has 1 heterocycles. The minimum absolute atomic E-state index is 0.0352. The van der Waals surface area contributed by atoms with E-state index >= 15 is 0 Å². The molecule has 2 aromatic carbocycles. The Morgan fingerprint density at radius 1 is 1.03 bits per heavy atom. The molecule has 0 fully saturated rings. The third kappa shape index (κ3) is 6.08. The van der Waals surface area contributed by atoms with E-state index in [0.29, 0.717) is 29.6 Å². The molecule has 164 valence electrons. The summed E-state index contributed by atoms with van der Waals surface area (Å²) < 4.78 is 35.6. The van der Waals surface area contributed by atoms with Crippen molar-refractivity contribution in [1.82, 2.24) is 4.90 Å². The number of ether oxygens (including phenoxy) is 1. The van der Waals surface area contributed by atoms with E-state index in [9.17, 15) is 13.2 Å². The van der Waals surface area contributed by atoms with Gasteiger partial charge >= 0.3 is 10.1 Å². The second-order valence-corrected chi connectivity index (χ2v) is 9.91. The topological polar surface area (TPSA) is 72.9 Å². The van der Waals surface area contributed by atoms with Gasteiger partial charge in [0, 0.05) is 13.1 Å². The quantitative estimate of drug-likeness (QED) is 0.429. The van der Waals surface area contributed by atoms with Crippen LogP contribution in [-0.2, 0) is 16.7 Å². The van der Waals surface area contributed by atoms with Crippen molar-refractivity contribution in [3.8, 4) is 11.5 Å². The van der Waals surface area contributed by atoms with Crippen molar-refractivity contribution in [1.29, 1.82) is 0 Å². The van der Waals surface area contributed by atoms with Crippen molar-refractivity contribution in [2.24, 2.45) is 5.92 Å². The Bertz CT molecular complexity index is 1110. The predicted octanol–water partition coefficient (Wildman–Crippen LogP) is 4.82. The monoisotopic (exact) mass is 459 g/mol. The average Bonchev–Trinajstić information content (AvgIpc) is 3.27. The van der Waals surface area contributed by atoms with Crippen molar-refractivity contribution in [2.45, 2.75) is 25.3 Å². The molecule has 3 aromatic rings. The molecule has 0 spiro atoms. The minimum atomic E-state index is -3.99. The van der Waals surface area contributed by atoms with Crippen LogP contribution in [0.5, 0.6) is 11.5 Å². The highest BCUT2D eigenvalue weighted by molar-refractivity contribution is 7.87. The van der Waals surface area contributed by atoms with E-state index in [-0.39, 0.29) is 16.6 Å². The molecule has 3 rings (SSSR count). The van der Waals surface area contributed by atoms with Crippen LogP contribution in [0.1, 0.15) is 29.1 Å². The van der Waals surface area contributed by atoms with Crippen LogP contribution >= 0.6 is 11.3 Å². The van der Waals surface area contributed by atoms with Gasteiger partial charge in [-0.25, -0.2) is 0 Å². The van der Waals surface area contributed by atoms with Crippen LogP contribution in [0, 0.1) is 5.92 Å². The highest BCUT2D eigenvalue weighted by Crippen LogP contribution is 2.23. The number of benzene rings is 2. The lowest BCUT2D eigenvalue weighted by molar-refractivity contribution is 0.0727. The van der Waals surface area contributed by atoms with Crippen molar-refractivity contribution >= 4 is 27.4 Å². The fourth-order valence-corrected chi connectivity index (χ4v) is 4.66. The predicted molar refractivity (Wildman–Crippen MR) is 121 cm³/mol. The van der Waals surface area contributed by atoms with Crippen LogP contribution < -0.4 is 8.92 Å². The summed E-state index contributed by atoms with van der Waals surface area (Å²) in [6.45, 7) is 5.05. The van der Waals surface area contributed by atoms with Crippen molar-refractivity contribution in [3.05, 3.63) is 76.5 Å². The molecule has 0 aliphatic rings. The molecule has 6 nitrogen and oxygen atoms in total. The standard InChI is InChI=1S/C23H25NO5S2/c1-17(2)15-24(23(25)22-8-5-13-30-22)16-18-6-4-7-20(14-18)29-31(26,27)21-11-9-19(28-3)10-12-21/h4-14,17H,15-16H2,1-3H3. The molecule has 0 N–H and O–H groups in total. The van der Waals surface area contributed by atoms with Crippen molar-refractivity contribution in [2.75, 3.05) is 13.7 Å². The first-order valence-corrected chi connectivity index (χ1v) is 12.1. The van der Waals surface area contributed by atoms with E-state index < -0.39 is 10.1 Å². The van der Waals surface area contributed by atoms with Crippen molar-refractivity contribution in [3.63, 3.8) is 0 Å². The van der Waals surface area contributed by atoms with Crippen LogP contribution in [0.4, 0.5) is 0 Å². The highest BCUT2D eigenvalue weighted by atomic mass is 32.2. The van der Waals surface area contributed by atoms with Gasteiger partial charge in [-0.05, 0) is 59.3 Å². The molecule has 0 saturated heterocycles. The van der Waals surface area contributed by atoms with E-state index in [4.69, 9.17) is 8.92 Å². The maximum Gasteiger partial charge on any atom is 0.339 e. The number of carbonyl (C=O) groups excluding carboxylic acids is 1. The lowest BCUT2D eigenvalue weighted by Crippen LogP contribution is -2.33. The maximum absolute atomic E-state index is 12.9. The number of amides is 1. The molecular formula is C23H25NO5S2. The van der Waals surface area contributed by atoms with Crippen LogP contribution in [-0.4, -0.2) is 32.9 Å². The molecule has 0 saturated carbocycles. The van der Waals surface area contributed by atoms with Gasteiger partial charge in [0.1, 0.15) is 16.4 Å². The first-order chi connectivity index (χ1) is 14.8. The lowest BCUT2D eigenvalue weighted by Gasteiger charge is -2.24. The smallest absolute Gasteiger partial charge is 0.339 e. The number of thiophene rings is 1. The second kappa shape index (κ2) is 9.98. The normalized spacial score (nSPS) is 11.4. The van der Waals surface area contributed by atoms with E-state index in [1.165, 1.54) is 30.6 Å². The zero-order valence-corrected chi connectivity index (χ0v) is 19.3. The van der Waals surface area contributed by atoms with Crippen LogP contribution in [0.25, 0.3) is 0 Å². The molecule has 0 bridgehead atoms. The summed E-state index contributed by atoms with van der Waals surface area (Å²) in [7, 11) is -2.48. The van der Waals surface area contributed by atoms with Crippen LogP contribution in [0.15, 0.2) is 70.9 Å². The molecule has 0 radical (unpaired) electrons. The lowest BCUT2D eigenvalue weighted by atomic mass is 10.1. The number of hydrogen-bond donors (Lipinski definition) is 0. The Balaban J connectivity index is 1.78. The Morgan fingerprint density at radius 3 is 2.39 bits per heavy atom. The van der Waals surface area contributed by atoms with Gasteiger partial charge in [0.05, 0.1) is 12.0 Å². The van der Waals surface area contributed by atoms with Crippen LogP contribution in [0.3, 0.4) is 0 Å². The summed E-state index contributed by atoms with van der Waals surface area (Å²) in [5.41, 5.74) is 0.785. The van der Waals surface area contributed by atoms with Gasteiger partial charge in [0.2, 0.25) is 0 Å². The summed E-state index contributed by atoms with van der Waals surface area (Å²) >= 11 is 1.40. The van der Waals surface area contributed by atoms with Gasteiger partial charge in [-0.1, -0.05) is 32.0 Å². The third-order valence-corrected chi connectivity index (χ3v) is 6.55. The molecular weight excluding hydrogens is 434 g/mol. The fraction of sp³-hybridized carbons (Fsp3) is 0.261. The minimum Gasteiger partial charge on any atom is -0.497 e. The number of hydrogen-bond acceptors (Lipinski definition) is 6. The van der Waals surface area contributed by atoms with Gasteiger partial charge in [-0.2, -0.15) is 8.42 Å².